The third kappa shape index (κ3) is 4.80. The van der Waals surface area contributed by atoms with Crippen LogP contribution in [0, 0.1) is 0 Å². The van der Waals surface area contributed by atoms with Crippen molar-refractivity contribution in [1.29, 1.82) is 0 Å². The summed E-state index contributed by atoms with van der Waals surface area (Å²) in [7, 11) is -3.10. The minimum absolute atomic E-state index is 0.0557. The highest BCUT2D eigenvalue weighted by molar-refractivity contribution is 7.91. The molecule has 0 unspecified atom stereocenters. The molecule has 0 bridgehead atoms. The minimum atomic E-state index is -3.10. The lowest BCUT2D eigenvalue weighted by molar-refractivity contribution is 0.0235. The number of sulfone groups is 1. The van der Waals surface area contributed by atoms with Crippen molar-refractivity contribution in [3.63, 3.8) is 0 Å². The molecule has 5 rings (SSSR count). The van der Waals surface area contributed by atoms with Crippen molar-refractivity contribution in [2.24, 2.45) is 0 Å². The Hall–Kier alpha value is -3.31. The molecule has 1 fully saturated rings. The number of ether oxygens (including phenoxy) is 2. The molecule has 38 heavy (non-hydrogen) atoms. The molecule has 0 spiro atoms. The van der Waals surface area contributed by atoms with Crippen LogP contribution >= 0.6 is 0 Å². The fourth-order valence-corrected chi connectivity index (χ4v) is 5.89. The zero-order chi connectivity index (χ0) is 27.4. The van der Waals surface area contributed by atoms with Crippen LogP contribution in [0.25, 0.3) is 10.8 Å². The Morgan fingerprint density at radius 1 is 1.16 bits per heavy atom. The molecule has 0 amide bonds. The number of esters is 1. The van der Waals surface area contributed by atoms with Gasteiger partial charge in [0.15, 0.2) is 9.84 Å². The van der Waals surface area contributed by atoms with Crippen molar-refractivity contribution in [3.8, 4) is 5.88 Å². The summed E-state index contributed by atoms with van der Waals surface area (Å²) in [4.78, 5) is 25.9. The summed E-state index contributed by atoms with van der Waals surface area (Å²) in [5, 5.41) is 15.2. The van der Waals surface area contributed by atoms with Gasteiger partial charge in [-0.25, -0.2) is 28.2 Å². The van der Waals surface area contributed by atoms with E-state index in [1.54, 1.807) is 31.5 Å². The number of pyridine rings is 3. The predicted molar refractivity (Wildman–Crippen MR) is 142 cm³/mol. The van der Waals surface area contributed by atoms with E-state index in [9.17, 15) is 18.3 Å². The summed E-state index contributed by atoms with van der Waals surface area (Å²) >= 11 is 0. The summed E-state index contributed by atoms with van der Waals surface area (Å²) in [6.07, 6.45) is 5.24. The van der Waals surface area contributed by atoms with E-state index in [2.05, 4.69) is 20.3 Å². The fraction of sp³-hybridized carbons (Fsp3) is 0.481. The van der Waals surface area contributed by atoms with Crippen LogP contribution in [-0.4, -0.2) is 58.2 Å². The fourth-order valence-electron chi connectivity index (χ4n) is 4.77. The maximum atomic E-state index is 12.3. The first-order valence-corrected chi connectivity index (χ1v) is 14.7. The Morgan fingerprint density at radius 3 is 2.58 bits per heavy atom. The monoisotopic (exact) mass is 540 g/mol. The zero-order valence-corrected chi connectivity index (χ0v) is 22.9. The van der Waals surface area contributed by atoms with Crippen LogP contribution < -0.4 is 10.1 Å². The Balaban J connectivity index is 1.48. The number of fused-ring (bicyclic) bond motifs is 2. The molecular formula is C27H32N4O6S. The quantitative estimate of drug-likeness (QED) is 0.422. The number of aromatic nitrogens is 3. The Morgan fingerprint density at radius 2 is 1.89 bits per heavy atom. The summed E-state index contributed by atoms with van der Waals surface area (Å²) < 4.78 is 35.0. The maximum absolute atomic E-state index is 12.3. The van der Waals surface area contributed by atoms with Crippen molar-refractivity contribution < 1.29 is 27.8 Å². The standard InChI is InChI=1S/C27H32N4O6S/c1-6-27(4,33)21-13-29-25(37-16-9-17(10-16)38(5,34)35)20-12-28-23(11-19(20)21)30-22-8-7-18-24(31-22)14(2)15(3)36-26(18)32/h7-8,11-17,33H,6,9-10H2,1-5H3,(H,28,30,31)/t14-,15-,16?,17?,27-/m0/s1. The van der Waals surface area contributed by atoms with Crippen molar-refractivity contribution in [2.45, 2.75) is 75.9 Å². The molecular weight excluding hydrogens is 508 g/mol. The molecule has 0 aromatic carbocycles. The van der Waals surface area contributed by atoms with Gasteiger partial charge in [-0.2, -0.15) is 0 Å². The lowest BCUT2D eigenvalue weighted by Crippen LogP contribution is -2.42. The average Bonchev–Trinajstić information content (AvgIpc) is 2.83. The number of rotatable bonds is 7. The zero-order valence-electron chi connectivity index (χ0n) is 22.1. The molecule has 3 atom stereocenters. The first kappa shape index (κ1) is 26.3. The van der Waals surface area contributed by atoms with Gasteiger partial charge in [0.05, 0.1) is 27.5 Å². The van der Waals surface area contributed by atoms with Crippen molar-refractivity contribution in [2.75, 3.05) is 11.6 Å². The molecule has 0 radical (unpaired) electrons. The third-order valence-electron chi connectivity index (χ3n) is 7.77. The summed E-state index contributed by atoms with van der Waals surface area (Å²) in [5.74, 6) is 0.934. The van der Waals surface area contributed by atoms with E-state index in [0.717, 1.165) is 0 Å². The van der Waals surface area contributed by atoms with Crippen LogP contribution in [0.5, 0.6) is 5.88 Å². The molecule has 2 N–H and O–H groups in total. The highest BCUT2D eigenvalue weighted by atomic mass is 32.2. The van der Waals surface area contributed by atoms with E-state index in [1.165, 1.54) is 6.26 Å². The minimum Gasteiger partial charge on any atom is -0.474 e. The van der Waals surface area contributed by atoms with Gasteiger partial charge in [-0.3, -0.25) is 0 Å². The highest BCUT2D eigenvalue weighted by Crippen LogP contribution is 2.38. The number of nitrogens with zero attached hydrogens (tertiary/aromatic N) is 3. The first-order valence-electron chi connectivity index (χ1n) is 12.7. The van der Waals surface area contributed by atoms with E-state index in [-0.39, 0.29) is 24.1 Å². The van der Waals surface area contributed by atoms with Gasteiger partial charge < -0.3 is 19.9 Å². The van der Waals surface area contributed by atoms with Crippen LogP contribution in [0.4, 0.5) is 11.6 Å². The summed E-state index contributed by atoms with van der Waals surface area (Å²) in [6.45, 7) is 7.43. The number of hydrogen-bond donors (Lipinski definition) is 2. The molecule has 202 valence electrons. The molecule has 1 saturated carbocycles. The van der Waals surface area contributed by atoms with Crippen LogP contribution in [-0.2, 0) is 20.2 Å². The first-order chi connectivity index (χ1) is 17.9. The largest absolute Gasteiger partial charge is 0.474 e. The Bertz CT molecular complexity index is 1520. The molecule has 4 heterocycles. The van der Waals surface area contributed by atoms with Gasteiger partial charge in [0.1, 0.15) is 23.8 Å². The summed E-state index contributed by atoms with van der Waals surface area (Å²) in [6, 6.07) is 5.21. The smallest absolute Gasteiger partial charge is 0.340 e. The summed E-state index contributed by atoms with van der Waals surface area (Å²) in [5.41, 5.74) is 0.604. The van der Waals surface area contributed by atoms with Gasteiger partial charge in [-0.05, 0) is 43.9 Å². The van der Waals surface area contributed by atoms with Crippen molar-refractivity contribution >= 4 is 38.2 Å². The van der Waals surface area contributed by atoms with Gasteiger partial charge in [0, 0.05) is 43.0 Å². The van der Waals surface area contributed by atoms with Gasteiger partial charge in [-0.15, -0.1) is 0 Å². The van der Waals surface area contributed by atoms with E-state index in [0.29, 0.717) is 64.4 Å². The second kappa shape index (κ2) is 9.46. The molecule has 2 aliphatic rings. The predicted octanol–water partition coefficient (Wildman–Crippen LogP) is 4.00. The van der Waals surface area contributed by atoms with Crippen LogP contribution in [0.1, 0.15) is 74.5 Å². The number of anilines is 2. The molecule has 3 aromatic rings. The number of carbonyl (C=O) groups excluding carboxylic acids is 1. The van der Waals surface area contributed by atoms with Gasteiger partial charge in [-0.1, -0.05) is 13.8 Å². The molecule has 0 saturated heterocycles. The molecule has 11 heteroatoms. The van der Waals surface area contributed by atoms with Crippen LogP contribution in [0.15, 0.2) is 30.6 Å². The number of carbonyl (C=O) groups is 1. The van der Waals surface area contributed by atoms with Gasteiger partial charge in [0.2, 0.25) is 5.88 Å². The number of hydrogen-bond acceptors (Lipinski definition) is 10. The van der Waals surface area contributed by atoms with Crippen molar-refractivity contribution in [3.05, 3.63) is 47.4 Å². The molecule has 1 aliphatic heterocycles. The second-order valence-electron chi connectivity index (χ2n) is 10.5. The van der Waals surface area contributed by atoms with Gasteiger partial charge in [0.25, 0.3) is 0 Å². The lowest BCUT2D eigenvalue weighted by atomic mass is 9.91. The number of nitrogens with one attached hydrogen (secondary N) is 1. The number of aliphatic hydroxyl groups is 1. The Kier molecular flexibility index (Phi) is 6.55. The molecule has 1 aliphatic carbocycles. The topological polar surface area (TPSA) is 141 Å². The highest BCUT2D eigenvalue weighted by Gasteiger charge is 2.38. The average molecular weight is 541 g/mol. The van der Waals surface area contributed by atoms with Gasteiger partial charge >= 0.3 is 5.97 Å². The maximum Gasteiger partial charge on any atom is 0.340 e. The van der Waals surface area contributed by atoms with E-state index >= 15 is 0 Å². The SMILES string of the molecule is CC[C@](C)(O)c1cnc(OC2CC(S(C)(=O)=O)C2)c2cnc(Nc3ccc4c(n3)[C@@H](C)[C@H](C)OC4=O)cc12. The lowest BCUT2D eigenvalue weighted by Gasteiger charge is -2.34. The number of cyclic esters (lactones) is 1. The molecule has 3 aromatic heterocycles. The van der Waals surface area contributed by atoms with E-state index < -0.39 is 20.7 Å². The third-order valence-corrected chi connectivity index (χ3v) is 9.36. The van der Waals surface area contributed by atoms with E-state index in [1.807, 2.05) is 26.8 Å². The van der Waals surface area contributed by atoms with Crippen LogP contribution in [0.3, 0.4) is 0 Å². The Labute approximate surface area is 221 Å². The van der Waals surface area contributed by atoms with Crippen LogP contribution in [0.2, 0.25) is 0 Å². The van der Waals surface area contributed by atoms with Crippen molar-refractivity contribution in [1.82, 2.24) is 15.0 Å². The molecule has 10 nitrogen and oxygen atoms in total. The van der Waals surface area contributed by atoms with E-state index in [4.69, 9.17) is 9.47 Å². The normalized spacial score (nSPS) is 24.6. The second-order valence-corrected chi connectivity index (χ2v) is 12.9.